The molecular weight excluding hydrogens is 259 g/mol. The van der Waals surface area contributed by atoms with Crippen molar-refractivity contribution in [1.29, 1.82) is 0 Å². The van der Waals surface area contributed by atoms with Gasteiger partial charge >= 0.3 is 0 Å². The molecule has 0 spiro atoms. The number of benzene rings is 3. The van der Waals surface area contributed by atoms with Crippen LogP contribution in [0.25, 0.3) is 0 Å². The summed E-state index contributed by atoms with van der Waals surface area (Å²) in [5.74, 6) is 0. The minimum atomic E-state index is 0.777. The van der Waals surface area contributed by atoms with Gasteiger partial charge in [-0.25, -0.2) is 0 Å². The molecule has 0 amide bonds. The summed E-state index contributed by atoms with van der Waals surface area (Å²) in [6.07, 6.45) is 0. The summed E-state index contributed by atoms with van der Waals surface area (Å²) in [5.41, 5.74) is 1.32. The third-order valence-corrected chi connectivity index (χ3v) is 4.02. The van der Waals surface area contributed by atoms with E-state index in [0.29, 0.717) is 0 Å². The number of rotatable bonds is 2. The van der Waals surface area contributed by atoms with Crippen molar-refractivity contribution in [3.8, 4) is 0 Å². The van der Waals surface area contributed by atoms with Gasteiger partial charge in [-0.1, -0.05) is 105 Å². The Bertz CT molecular complexity index is 551. The molecule has 0 heterocycles. The van der Waals surface area contributed by atoms with Crippen molar-refractivity contribution in [2.75, 3.05) is 0 Å². The SMILES string of the molecule is Cc1ccccc1.c1ccc(Pc2ccccc2)cc1. The second-order valence-electron chi connectivity index (χ2n) is 4.51. The van der Waals surface area contributed by atoms with Crippen LogP contribution in [0.15, 0.2) is 91.0 Å². The Hall–Kier alpha value is -1.91. The van der Waals surface area contributed by atoms with Gasteiger partial charge in [-0.3, -0.25) is 0 Å². The van der Waals surface area contributed by atoms with E-state index in [9.17, 15) is 0 Å². The van der Waals surface area contributed by atoms with Crippen LogP contribution in [0, 0.1) is 6.92 Å². The van der Waals surface area contributed by atoms with Crippen molar-refractivity contribution in [1.82, 2.24) is 0 Å². The highest BCUT2D eigenvalue weighted by atomic mass is 31.1. The standard InChI is InChI=1S/C12H11P.C7H8/c1-3-7-11(8-4-1)13-12-9-5-2-6-10-12;1-7-5-3-2-4-6-7/h1-10,13H;2-6H,1H3. The maximum absolute atomic E-state index is 2.17. The lowest BCUT2D eigenvalue weighted by Crippen LogP contribution is -2.01. The lowest BCUT2D eigenvalue weighted by atomic mass is 10.2. The fourth-order valence-corrected chi connectivity index (χ4v) is 2.80. The fraction of sp³-hybridized carbons (Fsp3) is 0.0526. The van der Waals surface area contributed by atoms with Gasteiger partial charge in [0.15, 0.2) is 0 Å². The van der Waals surface area contributed by atoms with Crippen LogP contribution in [0.5, 0.6) is 0 Å². The summed E-state index contributed by atoms with van der Waals surface area (Å²) in [5, 5.41) is 2.79. The minimum absolute atomic E-state index is 0.777. The van der Waals surface area contributed by atoms with E-state index < -0.39 is 0 Å². The van der Waals surface area contributed by atoms with E-state index in [4.69, 9.17) is 0 Å². The van der Waals surface area contributed by atoms with Crippen LogP contribution in [-0.4, -0.2) is 0 Å². The van der Waals surface area contributed by atoms with Crippen molar-refractivity contribution in [2.45, 2.75) is 6.92 Å². The molecule has 0 fully saturated rings. The summed E-state index contributed by atoms with van der Waals surface area (Å²) in [6.45, 7) is 2.08. The van der Waals surface area contributed by atoms with Gasteiger partial charge in [-0.15, -0.1) is 0 Å². The van der Waals surface area contributed by atoms with Crippen molar-refractivity contribution in [3.05, 3.63) is 96.6 Å². The Kier molecular flexibility index (Phi) is 6.02. The molecule has 0 bridgehead atoms. The number of hydrogen-bond acceptors (Lipinski definition) is 0. The van der Waals surface area contributed by atoms with Crippen LogP contribution in [0.1, 0.15) is 5.56 Å². The van der Waals surface area contributed by atoms with E-state index in [1.54, 1.807) is 0 Å². The molecule has 0 nitrogen and oxygen atoms in total. The Morgan fingerprint density at radius 3 is 1.15 bits per heavy atom. The zero-order chi connectivity index (χ0) is 14.0. The average molecular weight is 278 g/mol. The molecule has 3 aromatic carbocycles. The van der Waals surface area contributed by atoms with Crippen LogP contribution in [0.3, 0.4) is 0 Å². The highest BCUT2D eigenvalue weighted by Gasteiger charge is 1.92. The van der Waals surface area contributed by atoms with Crippen LogP contribution in [-0.2, 0) is 0 Å². The van der Waals surface area contributed by atoms with Crippen LogP contribution >= 0.6 is 8.58 Å². The molecular formula is C19H19P. The first kappa shape index (κ1) is 14.5. The molecule has 0 radical (unpaired) electrons. The summed E-state index contributed by atoms with van der Waals surface area (Å²) in [4.78, 5) is 0. The van der Waals surface area contributed by atoms with Gasteiger partial charge in [-0.05, 0) is 17.5 Å². The molecule has 1 heteroatoms. The molecule has 0 aliphatic rings. The Labute approximate surface area is 123 Å². The van der Waals surface area contributed by atoms with E-state index in [0.717, 1.165) is 8.58 Å². The second kappa shape index (κ2) is 8.30. The predicted octanol–water partition coefficient (Wildman–Crippen LogP) is 4.31. The molecule has 100 valence electrons. The molecule has 0 saturated carbocycles. The zero-order valence-corrected chi connectivity index (χ0v) is 12.7. The summed E-state index contributed by atoms with van der Waals surface area (Å²) in [6, 6.07) is 31.4. The molecule has 3 aromatic rings. The van der Waals surface area contributed by atoms with Crippen molar-refractivity contribution in [3.63, 3.8) is 0 Å². The maximum atomic E-state index is 2.17. The lowest BCUT2D eigenvalue weighted by Gasteiger charge is -2.00. The summed E-state index contributed by atoms with van der Waals surface area (Å²) < 4.78 is 0. The fourth-order valence-electron chi connectivity index (χ4n) is 1.74. The first-order valence-corrected chi connectivity index (χ1v) is 7.73. The monoisotopic (exact) mass is 278 g/mol. The zero-order valence-electron chi connectivity index (χ0n) is 11.7. The highest BCUT2D eigenvalue weighted by molar-refractivity contribution is 7.55. The third kappa shape index (κ3) is 5.38. The molecule has 0 N–H and O–H groups in total. The normalized spacial score (nSPS) is 9.45. The molecule has 20 heavy (non-hydrogen) atoms. The van der Waals surface area contributed by atoms with Crippen LogP contribution in [0.2, 0.25) is 0 Å². The van der Waals surface area contributed by atoms with Crippen LogP contribution < -0.4 is 10.6 Å². The first-order valence-electron chi connectivity index (χ1n) is 6.73. The van der Waals surface area contributed by atoms with Crippen molar-refractivity contribution >= 4 is 19.2 Å². The second-order valence-corrected chi connectivity index (χ2v) is 5.92. The van der Waals surface area contributed by atoms with Gasteiger partial charge in [0.05, 0.1) is 0 Å². The topological polar surface area (TPSA) is 0 Å². The Balaban J connectivity index is 0.000000178. The van der Waals surface area contributed by atoms with Crippen LogP contribution in [0.4, 0.5) is 0 Å². The number of hydrogen-bond donors (Lipinski definition) is 0. The third-order valence-electron chi connectivity index (χ3n) is 2.78. The van der Waals surface area contributed by atoms with Gasteiger partial charge < -0.3 is 0 Å². The van der Waals surface area contributed by atoms with E-state index in [2.05, 4.69) is 79.7 Å². The Morgan fingerprint density at radius 1 is 0.500 bits per heavy atom. The van der Waals surface area contributed by atoms with Crippen molar-refractivity contribution < 1.29 is 0 Å². The first-order chi connectivity index (χ1) is 9.84. The van der Waals surface area contributed by atoms with Gasteiger partial charge in [0.25, 0.3) is 0 Å². The molecule has 3 rings (SSSR count). The van der Waals surface area contributed by atoms with Gasteiger partial charge in [0.2, 0.25) is 0 Å². The quantitative estimate of drug-likeness (QED) is 0.613. The van der Waals surface area contributed by atoms with Gasteiger partial charge in [0, 0.05) is 0 Å². The summed E-state index contributed by atoms with van der Waals surface area (Å²) in [7, 11) is 0.777. The van der Waals surface area contributed by atoms with E-state index >= 15 is 0 Å². The van der Waals surface area contributed by atoms with Gasteiger partial charge in [-0.2, -0.15) is 0 Å². The minimum Gasteiger partial charge on any atom is -0.0622 e. The smallest absolute Gasteiger partial charge is 0.0226 e. The average Bonchev–Trinajstić information content (AvgIpc) is 2.51. The van der Waals surface area contributed by atoms with E-state index in [1.165, 1.54) is 16.2 Å². The molecule has 0 aromatic heterocycles. The lowest BCUT2D eigenvalue weighted by molar-refractivity contribution is 1.48. The maximum Gasteiger partial charge on any atom is -0.0226 e. The molecule has 0 unspecified atom stereocenters. The highest BCUT2D eigenvalue weighted by Crippen LogP contribution is 2.08. The van der Waals surface area contributed by atoms with Gasteiger partial charge in [0.1, 0.15) is 0 Å². The predicted molar refractivity (Wildman–Crippen MR) is 91.6 cm³/mol. The molecule has 0 saturated heterocycles. The molecule has 0 aliphatic heterocycles. The van der Waals surface area contributed by atoms with E-state index in [-0.39, 0.29) is 0 Å². The summed E-state index contributed by atoms with van der Waals surface area (Å²) >= 11 is 0. The number of aryl methyl sites for hydroxylation is 1. The Morgan fingerprint density at radius 2 is 0.850 bits per heavy atom. The molecule has 0 atom stereocenters. The largest absolute Gasteiger partial charge is 0.0622 e. The van der Waals surface area contributed by atoms with Crippen molar-refractivity contribution in [2.24, 2.45) is 0 Å². The van der Waals surface area contributed by atoms with E-state index in [1.807, 2.05) is 18.2 Å². The molecule has 0 aliphatic carbocycles.